The Hall–Kier alpha value is -3.55. The van der Waals surface area contributed by atoms with Crippen LogP contribution in [-0.2, 0) is 24.3 Å². The summed E-state index contributed by atoms with van der Waals surface area (Å²) in [7, 11) is -3.87. The predicted molar refractivity (Wildman–Crippen MR) is 113 cm³/mol. The number of sulfonamides is 1. The molecular weight excluding hydrogens is 444 g/mol. The second kappa shape index (κ2) is 9.72. The van der Waals surface area contributed by atoms with Crippen molar-refractivity contribution >= 4 is 39.0 Å². The van der Waals surface area contributed by atoms with Crippen LogP contribution in [0.5, 0.6) is 0 Å². The topological polar surface area (TPSA) is 171 Å². The quantitative estimate of drug-likeness (QED) is 0.343. The van der Waals surface area contributed by atoms with E-state index in [-0.39, 0.29) is 21.8 Å². The number of nitrogens with zero attached hydrogens (tertiary/aromatic N) is 2. The summed E-state index contributed by atoms with van der Waals surface area (Å²) >= 11 is 0. The van der Waals surface area contributed by atoms with Gasteiger partial charge in [-0.25, -0.2) is 18.4 Å². The van der Waals surface area contributed by atoms with Gasteiger partial charge in [0.1, 0.15) is 0 Å². The van der Waals surface area contributed by atoms with Crippen molar-refractivity contribution in [2.45, 2.75) is 4.90 Å². The fourth-order valence-corrected chi connectivity index (χ4v) is 3.53. The number of rotatable bonds is 7. The minimum absolute atomic E-state index is 0.0357. The standard InChI is InChI=1S/C19H20N4O8S/c20-32(28,29)15-4-1-13(2-5-15)21-18(24)12-31-19(25)16-11-14(23(26)27)3-6-17(16)22-7-9-30-10-8-22/h1-6,11H,7-10,12H2,(H,21,24)(H2,20,28,29). The van der Waals surface area contributed by atoms with Gasteiger partial charge in [0.15, 0.2) is 6.61 Å². The molecule has 13 heteroatoms. The first kappa shape index (κ1) is 23.1. The van der Waals surface area contributed by atoms with Crippen LogP contribution in [0.25, 0.3) is 0 Å². The minimum Gasteiger partial charge on any atom is -0.452 e. The van der Waals surface area contributed by atoms with Crippen LogP contribution in [0.15, 0.2) is 47.4 Å². The molecule has 3 rings (SSSR count). The second-order valence-corrected chi connectivity index (χ2v) is 8.31. The van der Waals surface area contributed by atoms with E-state index in [2.05, 4.69) is 5.32 Å². The molecule has 0 bridgehead atoms. The maximum atomic E-state index is 12.6. The van der Waals surface area contributed by atoms with Crippen molar-refractivity contribution in [2.75, 3.05) is 43.1 Å². The molecule has 0 atom stereocenters. The first-order chi connectivity index (χ1) is 15.1. The Morgan fingerprint density at radius 1 is 1.16 bits per heavy atom. The van der Waals surface area contributed by atoms with E-state index in [4.69, 9.17) is 14.6 Å². The van der Waals surface area contributed by atoms with E-state index < -0.39 is 33.4 Å². The number of amides is 1. The van der Waals surface area contributed by atoms with Crippen LogP contribution in [-0.4, -0.2) is 58.1 Å². The fourth-order valence-electron chi connectivity index (χ4n) is 3.01. The van der Waals surface area contributed by atoms with Crippen LogP contribution >= 0.6 is 0 Å². The summed E-state index contributed by atoms with van der Waals surface area (Å²) < 4.78 is 32.9. The lowest BCUT2D eigenvalue weighted by Gasteiger charge is -2.30. The molecular formula is C19H20N4O8S. The Kier molecular flexibility index (Phi) is 7.02. The maximum Gasteiger partial charge on any atom is 0.341 e. The molecule has 0 unspecified atom stereocenters. The van der Waals surface area contributed by atoms with Crippen LogP contribution in [0.2, 0.25) is 0 Å². The first-order valence-electron chi connectivity index (χ1n) is 9.36. The zero-order valence-electron chi connectivity index (χ0n) is 16.7. The Bertz CT molecular complexity index is 1130. The summed E-state index contributed by atoms with van der Waals surface area (Å²) in [6, 6.07) is 8.96. The van der Waals surface area contributed by atoms with Gasteiger partial charge >= 0.3 is 5.97 Å². The lowest BCUT2D eigenvalue weighted by Crippen LogP contribution is -2.37. The number of primary sulfonamides is 1. The van der Waals surface area contributed by atoms with Gasteiger partial charge in [0.05, 0.1) is 34.3 Å². The number of nitrogens with two attached hydrogens (primary N) is 1. The molecule has 3 N–H and O–H groups in total. The predicted octanol–water partition coefficient (Wildman–Crippen LogP) is 0.874. The summed E-state index contributed by atoms with van der Waals surface area (Å²) in [5.41, 5.74) is 0.394. The molecule has 0 spiro atoms. The molecule has 1 fully saturated rings. The lowest BCUT2D eigenvalue weighted by atomic mass is 10.1. The van der Waals surface area contributed by atoms with Gasteiger partial charge in [-0.2, -0.15) is 0 Å². The van der Waals surface area contributed by atoms with E-state index in [0.717, 1.165) is 6.07 Å². The van der Waals surface area contributed by atoms with Crippen LogP contribution in [0.1, 0.15) is 10.4 Å². The average molecular weight is 464 g/mol. The molecule has 1 heterocycles. The third-order valence-corrected chi connectivity index (χ3v) is 5.49. The van der Waals surface area contributed by atoms with E-state index in [1.165, 1.54) is 36.4 Å². The molecule has 1 saturated heterocycles. The molecule has 2 aromatic rings. The van der Waals surface area contributed by atoms with Crippen molar-refractivity contribution in [1.29, 1.82) is 0 Å². The lowest BCUT2D eigenvalue weighted by molar-refractivity contribution is -0.384. The highest BCUT2D eigenvalue weighted by atomic mass is 32.2. The Morgan fingerprint density at radius 3 is 2.41 bits per heavy atom. The molecule has 1 aliphatic heterocycles. The summed E-state index contributed by atoms with van der Waals surface area (Å²) in [5, 5.41) is 18.6. The SMILES string of the molecule is NS(=O)(=O)c1ccc(NC(=O)COC(=O)c2cc([N+](=O)[O-])ccc2N2CCOCC2)cc1. The number of nitrogens with one attached hydrogen (secondary N) is 1. The van der Waals surface area contributed by atoms with E-state index >= 15 is 0 Å². The molecule has 0 aromatic heterocycles. The molecule has 2 aromatic carbocycles. The number of nitro benzene ring substituents is 1. The zero-order chi connectivity index (χ0) is 23.3. The van der Waals surface area contributed by atoms with E-state index in [1.54, 1.807) is 0 Å². The third-order valence-electron chi connectivity index (χ3n) is 4.56. The van der Waals surface area contributed by atoms with Crippen molar-refractivity contribution in [3.05, 3.63) is 58.1 Å². The number of carbonyl (C=O) groups excluding carboxylic acids is 2. The largest absolute Gasteiger partial charge is 0.452 e. The molecule has 170 valence electrons. The first-order valence-corrected chi connectivity index (χ1v) is 10.9. The highest BCUT2D eigenvalue weighted by Gasteiger charge is 2.23. The van der Waals surface area contributed by atoms with E-state index in [0.29, 0.717) is 32.0 Å². The third kappa shape index (κ3) is 5.78. The van der Waals surface area contributed by atoms with Crippen LogP contribution in [0.3, 0.4) is 0 Å². The van der Waals surface area contributed by atoms with Crippen molar-refractivity contribution in [2.24, 2.45) is 5.14 Å². The Morgan fingerprint density at radius 2 is 1.81 bits per heavy atom. The number of hydrogen-bond acceptors (Lipinski definition) is 9. The van der Waals surface area contributed by atoms with Gasteiger partial charge in [-0.3, -0.25) is 14.9 Å². The molecule has 0 aliphatic carbocycles. The number of anilines is 2. The van der Waals surface area contributed by atoms with Crippen molar-refractivity contribution < 1.29 is 32.4 Å². The number of ether oxygens (including phenoxy) is 2. The number of benzene rings is 2. The van der Waals surface area contributed by atoms with Gasteiger partial charge < -0.3 is 19.7 Å². The smallest absolute Gasteiger partial charge is 0.341 e. The summed E-state index contributed by atoms with van der Waals surface area (Å²) in [4.78, 5) is 37.0. The van der Waals surface area contributed by atoms with Gasteiger partial charge in [-0.15, -0.1) is 0 Å². The summed E-state index contributed by atoms with van der Waals surface area (Å²) in [6.07, 6.45) is 0. The van der Waals surface area contributed by atoms with E-state index in [1.807, 2.05) is 4.90 Å². The van der Waals surface area contributed by atoms with Crippen molar-refractivity contribution in [3.63, 3.8) is 0 Å². The maximum absolute atomic E-state index is 12.6. The van der Waals surface area contributed by atoms with Crippen molar-refractivity contribution in [3.8, 4) is 0 Å². The number of morpholine rings is 1. The number of hydrogen-bond donors (Lipinski definition) is 2. The highest BCUT2D eigenvalue weighted by Crippen LogP contribution is 2.27. The van der Waals surface area contributed by atoms with Crippen LogP contribution in [0, 0.1) is 10.1 Å². The van der Waals surface area contributed by atoms with Gasteiger partial charge in [-0.05, 0) is 30.3 Å². The molecule has 1 amide bonds. The number of non-ortho nitro benzene ring substituents is 1. The zero-order valence-corrected chi connectivity index (χ0v) is 17.5. The van der Waals surface area contributed by atoms with Gasteiger partial charge in [0.25, 0.3) is 11.6 Å². The van der Waals surface area contributed by atoms with Crippen molar-refractivity contribution in [1.82, 2.24) is 0 Å². The second-order valence-electron chi connectivity index (χ2n) is 6.75. The summed E-state index contributed by atoms with van der Waals surface area (Å²) in [5.74, 6) is -1.57. The van der Waals surface area contributed by atoms with Crippen LogP contribution < -0.4 is 15.4 Å². The molecule has 0 saturated carbocycles. The monoisotopic (exact) mass is 464 g/mol. The Labute approximate surface area is 183 Å². The fraction of sp³-hybridized carbons (Fsp3) is 0.263. The number of nitro groups is 1. The average Bonchev–Trinajstić information content (AvgIpc) is 2.77. The number of carbonyl (C=O) groups is 2. The Balaban J connectivity index is 1.68. The van der Waals surface area contributed by atoms with Gasteiger partial charge in [0.2, 0.25) is 10.0 Å². The molecule has 1 aliphatic rings. The van der Waals surface area contributed by atoms with Gasteiger partial charge in [0, 0.05) is 30.9 Å². The molecule has 32 heavy (non-hydrogen) atoms. The van der Waals surface area contributed by atoms with Gasteiger partial charge in [-0.1, -0.05) is 0 Å². The molecule has 12 nitrogen and oxygen atoms in total. The normalized spacial score (nSPS) is 14.0. The van der Waals surface area contributed by atoms with Crippen LogP contribution in [0.4, 0.5) is 17.1 Å². The number of esters is 1. The highest BCUT2D eigenvalue weighted by molar-refractivity contribution is 7.89. The molecule has 0 radical (unpaired) electrons. The summed E-state index contributed by atoms with van der Waals surface area (Å²) in [6.45, 7) is 1.22. The minimum atomic E-state index is -3.87. The van der Waals surface area contributed by atoms with E-state index in [9.17, 15) is 28.1 Å².